The fourth-order valence-electron chi connectivity index (χ4n) is 1.56. The van der Waals surface area contributed by atoms with E-state index in [9.17, 15) is 14.4 Å². The molecule has 21 heavy (non-hydrogen) atoms. The van der Waals surface area contributed by atoms with Gasteiger partial charge in [-0.3, -0.25) is 14.4 Å². The highest BCUT2D eigenvalue weighted by Gasteiger charge is 2.09. The van der Waals surface area contributed by atoms with Crippen molar-refractivity contribution in [3.63, 3.8) is 0 Å². The minimum absolute atomic E-state index is 0.00637. The van der Waals surface area contributed by atoms with E-state index in [4.69, 9.17) is 5.73 Å². The number of esters is 1. The van der Waals surface area contributed by atoms with Gasteiger partial charge >= 0.3 is 5.97 Å². The van der Waals surface area contributed by atoms with Crippen LogP contribution >= 0.6 is 11.8 Å². The number of thioether (sulfide) groups is 1. The van der Waals surface area contributed by atoms with E-state index >= 15 is 0 Å². The van der Waals surface area contributed by atoms with Crippen molar-refractivity contribution in [2.45, 2.75) is 13.8 Å². The van der Waals surface area contributed by atoms with Crippen LogP contribution in [0.3, 0.4) is 0 Å². The summed E-state index contributed by atoms with van der Waals surface area (Å²) >= 11 is 1.11. The maximum absolute atomic E-state index is 11.7. The number of carbonyl (C=O) groups is 3. The summed E-state index contributed by atoms with van der Waals surface area (Å²) < 4.78 is 4.57. The van der Waals surface area contributed by atoms with Gasteiger partial charge in [-0.2, -0.15) is 0 Å². The molecule has 0 unspecified atom stereocenters. The average molecular weight is 310 g/mol. The normalized spacial score (nSPS) is 10.0. The molecule has 0 heterocycles. The lowest BCUT2D eigenvalue weighted by molar-refractivity contribution is -0.145. The van der Waals surface area contributed by atoms with Crippen LogP contribution in [0.15, 0.2) is 18.2 Å². The molecule has 1 rings (SSSR count). The fourth-order valence-corrected chi connectivity index (χ4v) is 2.17. The minimum atomic E-state index is -0.707. The molecule has 0 aromatic heterocycles. The van der Waals surface area contributed by atoms with Gasteiger partial charge in [-0.1, -0.05) is 17.7 Å². The third-order valence-electron chi connectivity index (χ3n) is 2.48. The number of primary amides is 1. The Balaban J connectivity index is 2.31. The summed E-state index contributed by atoms with van der Waals surface area (Å²) in [6, 6.07) is 5.73. The number of hydrogen-bond acceptors (Lipinski definition) is 5. The predicted octanol–water partition coefficient (Wildman–Crippen LogP) is 1.00. The number of rotatable bonds is 7. The molecule has 0 saturated heterocycles. The third kappa shape index (κ3) is 6.80. The average Bonchev–Trinajstić information content (AvgIpc) is 2.39. The van der Waals surface area contributed by atoms with Crippen molar-refractivity contribution >= 4 is 35.2 Å². The summed E-state index contributed by atoms with van der Waals surface area (Å²) in [5.74, 6) is -1.36. The van der Waals surface area contributed by atoms with Crippen molar-refractivity contribution in [3.05, 3.63) is 29.3 Å². The first kappa shape index (κ1) is 17.0. The van der Waals surface area contributed by atoms with Gasteiger partial charge in [-0.15, -0.1) is 11.8 Å². The molecule has 0 aliphatic carbocycles. The van der Waals surface area contributed by atoms with Crippen molar-refractivity contribution in [2.24, 2.45) is 5.73 Å². The lowest BCUT2D eigenvalue weighted by atomic mass is 10.1. The van der Waals surface area contributed by atoms with Crippen molar-refractivity contribution < 1.29 is 19.1 Å². The van der Waals surface area contributed by atoms with Crippen molar-refractivity contribution in [2.75, 3.05) is 23.4 Å². The van der Waals surface area contributed by atoms with E-state index in [-0.39, 0.29) is 17.4 Å². The Labute approximate surface area is 127 Å². The summed E-state index contributed by atoms with van der Waals surface area (Å²) in [6.45, 7) is 3.46. The molecule has 2 amide bonds. The summed E-state index contributed by atoms with van der Waals surface area (Å²) in [4.78, 5) is 33.4. The molecule has 0 bridgehead atoms. The number of amides is 2. The van der Waals surface area contributed by atoms with Gasteiger partial charge in [-0.05, 0) is 25.5 Å². The van der Waals surface area contributed by atoms with E-state index in [1.807, 2.05) is 32.0 Å². The number of carbonyl (C=O) groups excluding carboxylic acids is 3. The van der Waals surface area contributed by atoms with Crippen molar-refractivity contribution in [1.29, 1.82) is 0 Å². The molecule has 7 heteroatoms. The first-order valence-corrected chi connectivity index (χ1v) is 7.42. The van der Waals surface area contributed by atoms with Crippen LogP contribution in [0.5, 0.6) is 0 Å². The molecule has 6 nitrogen and oxygen atoms in total. The second kappa shape index (κ2) is 8.31. The van der Waals surface area contributed by atoms with Crippen LogP contribution in [-0.4, -0.2) is 35.9 Å². The van der Waals surface area contributed by atoms with E-state index < -0.39 is 18.5 Å². The van der Waals surface area contributed by atoms with E-state index in [1.54, 1.807) is 0 Å². The predicted molar refractivity (Wildman–Crippen MR) is 82.0 cm³/mol. The van der Waals surface area contributed by atoms with Crippen LogP contribution < -0.4 is 11.1 Å². The Hall–Kier alpha value is -2.02. The second-order valence-electron chi connectivity index (χ2n) is 4.49. The Morgan fingerprint density at radius 3 is 2.57 bits per heavy atom. The van der Waals surface area contributed by atoms with Crippen LogP contribution in [0.2, 0.25) is 0 Å². The van der Waals surface area contributed by atoms with Gasteiger partial charge in [0, 0.05) is 5.69 Å². The lowest BCUT2D eigenvalue weighted by Gasteiger charge is -2.09. The van der Waals surface area contributed by atoms with Gasteiger partial charge in [0.2, 0.25) is 5.91 Å². The fraction of sp³-hybridized carbons (Fsp3) is 0.357. The zero-order chi connectivity index (χ0) is 15.8. The van der Waals surface area contributed by atoms with Crippen molar-refractivity contribution in [1.82, 2.24) is 0 Å². The topological polar surface area (TPSA) is 98.5 Å². The molecule has 0 aliphatic heterocycles. The van der Waals surface area contributed by atoms with Gasteiger partial charge in [0.25, 0.3) is 5.91 Å². The Kier molecular flexibility index (Phi) is 6.74. The number of benzene rings is 1. The highest BCUT2D eigenvalue weighted by Crippen LogP contribution is 2.16. The molecule has 1 aromatic carbocycles. The number of anilines is 1. The minimum Gasteiger partial charge on any atom is -0.455 e. The largest absolute Gasteiger partial charge is 0.455 e. The number of nitrogens with two attached hydrogens (primary N) is 1. The smallest absolute Gasteiger partial charge is 0.316 e. The first-order valence-electron chi connectivity index (χ1n) is 6.27. The van der Waals surface area contributed by atoms with Gasteiger partial charge < -0.3 is 15.8 Å². The number of aryl methyl sites for hydroxylation is 2. The molecule has 0 aliphatic rings. The van der Waals surface area contributed by atoms with Crippen molar-refractivity contribution in [3.8, 4) is 0 Å². The zero-order valence-electron chi connectivity index (χ0n) is 12.0. The molecule has 3 N–H and O–H groups in total. The van der Waals surface area contributed by atoms with Crippen LogP contribution in [0, 0.1) is 13.8 Å². The van der Waals surface area contributed by atoms with Gasteiger partial charge in [-0.25, -0.2) is 0 Å². The maximum atomic E-state index is 11.7. The summed E-state index contributed by atoms with van der Waals surface area (Å²) in [5, 5.41) is 2.78. The molecule has 0 saturated carbocycles. The first-order chi connectivity index (χ1) is 9.88. The van der Waals surface area contributed by atoms with Gasteiger partial charge in [0.05, 0.1) is 11.5 Å². The third-order valence-corrected chi connectivity index (χ3v) is 3.39. The van der Waals surface area contributed by atoms with Crippen LogP contribution in [0.4, 0.5) is 5.69 Å². The number of ether oxygens (including phenoxy) is 1. The molecular weight excluding hydrogens is 292 g/mol. The Morgan fingerprint density at radius 2 is 1.95 bits per heavy atom. The van der Waals surface area contributed by atoms with E-state index in [0.29, 0.717) is 0 Å². The SMILES string of the molecule is Cc1ccc(NC(=O)CSCC(=O)OCC(N)=O)c(C)c1. The standard InChI is InChI=1S/C14H18N2O4S/c1-9-3-4-11(10(2)5-9)16-13(18)7-21-8-14(19)20-6-12(15)17/h3-5H,6-8H2,1-2H3,(H2,15,17)(H,16,18). The monoisotopic (exact) mass is 310 g/mol. The number of hydrogen-bond donors (Lipinski definition) is 2. The van der Waals surface area contributed by atoms with Crippen LogP contribution in [0.25, 0.3) is 0 Å². The number of nitrogens with one attached hydrogen (secondary N) is 1. The van der Waals surface area contributed by atoms with Crippen LogP contribution in [-0.2, 0) is 19.1 Å². The highest BCUT2D eigenvalue weighted by atomic mass is 32.2. The molecule has 0 spiro atoms. The molecule has 114 valence electrons. The lowest BCUT2D eigenvalue weighted by Crippen LogP contribution is -2.22. The van der Waals surface area contributed by atoms with Gasteiger partial charge in [0.15, 0.2) is 6.61 Å². The molecule has 1 aromatic rings. The molecular formula is C14H18N2O4S. The van der Waals surface area contributed by atoms with Crippen LogP contribution in [0.1, 0.15) is 11.1 Å². The van der Waals surface area contributed by atoms with E-state index in [2.05, 4.69) is 10.1 Å². The van der Waals surface area contributed by atoms with E-state index in [1.165, 1.54) is 0 Å². The molecule has 0 atom stereocenters. The Bertz CT molecular complexity index is 546. The maximum Gasteiger partial charge on any atom is 0.316 e. The second-order valence-corrected chi connectivity index (χ2v) is 5.47. The quantitative estimate of drug-likeness (QED) is 0.732. The Morgan fingerprint density at radius 1 is 1.24 bits per heavy atom. The summed E-state index contributed by atoms with van der Waals surface area (Å²) in [6.07, 6.45) is 0. The van der Waals surface area contributed by atoms with E-state index in [0.717, 1.165) is 28.6 Å². The molecule has 0 radical (unpaired) electrons. The summed E-state index contributed by atoms with van der Waals surface area (Å²) in [7, 11) is 0. The zero-order valence-corrected chi connectivity index (χ0v) is 12.8. The van der Waals surface area contributed by atoms with Gasteiger partial charge in [0.1, 0.15) is 0 Å². The summed E-state index contributed by atoms with van der Waals surface area (Å²) in [5.41, 5.74) is 7.70. The highest BCUT2D eigenvalue weighted by molar-refractivity contribution is 8.00. The molecule has 0 fully saturated rings.